The predicted octanol–water partition coefficient (Wildman–Crippen LogP) is 3.18. The molecule has 10 atom stereocenters. The van der Waals surface area contributed by atoms with E-state index in [9.17, 15) is 0 Å². The second-order valence-electron chi connectivity index (χ2n) is 8.11. The fourth-order valence-electron chi connectivity index (χ4n) is 7.87. The Morgan fingerprint density at radius 1 is 0.800 bits per heavy atom. The van der Waals surface area contributed by atoms with Gasteiger partial charge in [0, 0.05) is 0 Å². The summed E-state index contributed by atoms with van der Waals surface area (Å²) in [5.41, 5.74) is 0.854. The lowest BCUT2D eigenvalue weighted by Gasteiger charge is -2.39. The minimum absolute atomic E-state index is 0.854. The average Bonchev–Trinajstić information content (AvgIpc) is 3.08. The Kier molecular flexibility index (Phi) is 0.847. The van der Waals surface area contributed by atoms with E-state index in [0.29, 0.717) is 0 Å². The number of hydrogen-bond acceptors (Lipinski definition) is 0. The van der Waals surface area contributed by atoms with Gasteiger partial charge < -0.3 is 0 Å². The van der Waals surface area contributed by atoms with E-state index in [-0.39, 0.29) is 0 Å². The molecule has 0 N–H and O–H groups in total. The molecule has 80 valence electrons. The second kappa shape index (κ2) is 1.73. The van der Waals surface area contributed by atoms with Gasteiger partial charge in [0.2, 0.25) is 0 Å². The molecule has 4 bridgehead atoms. The SMILES string of the molecule is CC12CC(C3CC31)C1C3CC(C4CC43)C12. The van der Waals surface area contributed by atoms with Crippen molar-refractivity contribution < 1.29 is 0 Å². The Bertz CT molecular complexity index is 385. The fraction of sp³-hybridized carbons (Fsp3) is 1.00. The van der Waals surface area contributed by atoms with Gasteiger partial charge in [-0.1, -0.05) is 6.92 Å². The van der Waals surface area contributed by atoms with Crippen molar-refractivity contribution in [3.8, 4) is 0 Å². The summed E-state index contributed by atoms with van der Waals surface area (Å²) in [6, 6.07) is 0. The molecule has 0 aromatic heterocycles. The molecule has 0 amide bonds. The summed E-state index contributed by atoms with van der Waals surface area (Å²) in [6.45, 7) is 2.69. The quantitative estimate of drug-likeness (QED) is 0.527. The van der Waals surface area contributed by atoms with Gasteiger partial charge in [-0.25, -0.2) is 0 Å². The topological polar surface area (TPSA) is 0 Å². The van der Waals surface area contributed by atoms with Crippen LogP contribution in [-0.2, 0) is 0 Å². The van der Waals surface area contributed by atoms with Crippen molar-refractivity contribution >= 4 is 0 Å². The van der Waals surface area contributed by atoms with E-state index in [2.05, 4.69) is 6.92 Å². The summed E-state index contributed by atoms with van der Waals surface area (Å²) in [6.07, 6.45) is 6.63. The van der Waals surface area contributed by atoms with Gasteiger partial charge in [-0.2, -0.15) is 0 Å². The van der Waals surface area contributed by atoms with Crippen LogP contribution in [0.1, 0.15) is 32.6 Å². The summed E-state index contributed by atoms with van der Waals surface area (Å²) in [4.78, 5) is 0. The van der Waals surface area contributed by atoms with E-state index in [1.165, 1.54) is 53.3 Å². The second-order valence-corrected chi connectivity index (χ2v) is 8.11. The third-order valence-electron chi connectivity index (χ3n) is 8.07. The van der Waals surface area contributed by atoms with Crippen LogP contribution in [0.3, 0.4) is 0 Å². The third kappa shape index (κ3) is 0.542. The summed E-state index contributed by atoms with van der Waals surface area (Å²) < 4.78 is 0. The van der Waals surface area contributed by atoms with Gasteiger partial charge in [-0.05, 0) is 84.4 Å². The Hall–Kier alpha value is 0. The minimum atomic E-state index is 0.854. The monoisotopic (exact) mass is 200 g/mol. The van der Waals surface area contributed by atoms with Crippen LogP contribution >= 0.6 is 0 Å². The molecule has 0 aromatic carbocycles. The summed E-state index contributed by atoms with van der Waals surface area (Å²) >= 11 is 0. The average molecular weight is 200 g/mol. The van der Waals surface area contributed by atoms with Crippen molar-refractivity contribution in [3.05, 3.63) is 0 Å². The highest BCUT2D eigenvalue weighted by Crippen LogP contribution is 2.85. The standard InChI is InChI=1S/C15H20/c1-15-5-11(8-4-12(8)15)13-9-3-10(14(13)15)7-2-6(7)9/h6-14H,2-5H2,1H3. The van der Waals surface area contributed by atoms with E-state index >= 15 is 0 Å². The molecule has 0 heteroatoms. The van der Waals surface area contributed by atoms with Crippen LogP contribution < -0.4 is 0 Å². The molecule has 0 saturated heterocycles. The van der Waals surface area contributed by atoms with Gasteiger partial charge in [0.1, 0.15) is 0 Å². The van der Waals surface area contributed by atoms with Gasteiger partial charge >= 0.3 is 0 Å². The first-order valence-electron chi connectivity index (χ1n) is 7.29. The molecule has 0 nitrogen and oxygen atoms in total. The Balaban J connectivity index is 1.58. The molecule has 6 aliphatic rings. The van der Waals surface area contributed by atoms with E-state index in [1.807, 2.05) is 0 Å². The zero-order valence-corrected chi connectivity index (χ0v) is 9.52. The Labute approximate surface area is 91.8 Å². The van der Waals surface area contributed by atoms with Gasteiger partial charge in [-0.15, -0.1) is 0 Å². The molecule has 6 saturated carbocycles. The molecule has 10 unspecified atom stereocenters. The smallest absolute Gasteiger partial charge is 0.0258 e. The van der Waals surface area contributed by atoms with Crippen molar-refractivity contribution in [2.24, 2.45) is 58.7 Å². The van der Waals surface area contributed by atoms with Crippen molar-refractivity contribution in [1.29, 1.82) is 0 Å². The van der Waals surface area contributed by atoms with Crippen LogP contribution in [0.2, 0.25) is 0 Å². The van der Waals surface area contributed by atoms with Crippen molar-refractivity contribution in [3.63, 3.8) is 0 Å². The molecule has 6 rings (SSSR count). The molecular weight excluding hydrogens is 180 g/mol. The summed E-state index contributed by atoms with van der Waals surface area (Å²) in [5.74, 6) is 11.1. The third-order valence-corrected chi connectivity index (χ3v) is 8.07. The first-order valence-corrected chi connectivity index (χ1v) is 7.29. The first-order chi connectivity index (χ1) is 7.29. The zero-order valence-electron chi connectivity index (χ0n) is 9.52. The van der Waals surface area contributed by atoms with Crippen molar-refractivity contribution in [2.75, 3.05) is 0 Å². The summed E-state index contributed by atoms with van der Waals surface area (Å²) in [7, 11) is 0. The lowest BCUT2D eigenvalue weighted by molar-refractivity contribution is 0.0737. The minimum Gasteiger partial charge on any atom is -0.0591 e. The van der Waals surface area contributed by atoms with Gasteiger partial charge in [-0.3, -0.25) is 0 Å². The van der Waals surface area contributed by atoms with Gasteiger partial charge in [0.25, 0.3) is 0 Å². The largest absolute Gasteiger partial charge is 0.0591 e. The van der Waals surface area contributed by atoms with E-state index < -0.39 is 0 Å². The lowest BCUT2D eigenvalue weighted by Crippen LogP contribution is -2.36. The molecule has 15 heavy (non-hydrogen) atoms. The predicted molar refractivity (Wildman–Crippen MR) is 58.0 cm³/mol. The number of rotatable bonds is 0. The van der Waals surface area contributed by atoms with Crippen molar-refractivity contribution in [2.45, 2.75) is 32.6 Å². The first kappa shape index (κ1) is 7.35. The van der Waals surface area contributed by atoms with E-state index in [0.717, 1.165) is 5.41 Å². The highest BCUT2D eigenvalue weighted by atomic mass is 14.8. The summed E-state index contributed by atoms with van der Waals surface area (Å²) in [5, 5.41) is 0. The van der Waals surface area contributed by atoms with Gasteiger partial charge in [0.05, 0.1) is 0 Å². The van der Waals surface area contributed by atoms with Crippen LogP contribution in [0.4, 0.5) is 0 Å². The molecule has 0 radical (unpaired) electrons. The highest BCUT2D eigenvalue weighted by molar-refractivity contribution is 5.27. The van der Waals surface area contributed by atoms with Crippen LogP contribution in [-0.4, -0.2) is 0 Å². The fourth-order valence-corrected chi connectivity index (χ4v) is 7.87. The molecule has 6 aliphatic carbocycles. The number of fused-ring (bicyclic) bond motifs is 15. The lowest BCUT2D eigenvalue weighted by atomic mass is 9.65. The molecule has 6 fully saturated rings. The van der Waals surface area contributed by atoms with E-state index in [4.69, 9.17) is 0 Å². The van der Waals surface area contributed by atoms with Crippen LogP contribution in [0.15, 0.2) is 0 Å². The molecule has 0 aliphatic heterocycles. The maximum Gasteiger partial charge on any atom is -0.0258 e. The highest BCUT2D eigenvalue weighted by Gasteiger charge is 2.79. The molecule has 0 aromatic rings. The van der Waals surface area contributed by atoms with Crippen LogP contribution in [0.25, 0.3) is 0 Å². The van der Waals surface area contributed by atoms with Crippen LogP contribution in [0, 0.1) is 58.7 Å². The van der Waals surface area contributed by atoms with Crippen LogP contribution in [0.5, 0.6) is 0 Å². The maximum atomic E-state index is 2.69. The van der Waals surface area contributed by atoms with E-state index in [1.54, 1.807) is 25.7 Å². The normalized spacial score (nSPS) is 84.2. The Morgan fingerprint density at radius 2 is 1.60 bits per heavy atom. The zero-order chi connectivity index (χ0) is 9.52. The molecular formula is C15H20. The molecule has 0 heterocycles. The molecule has 0 spiro atoms. The van der Waals surface area contributed by atoms with Gasteiger partial charge in [0.15, 0.2) is 0 Å². The number of hydrogen-bond donors (Lipinski definition) is 0. The van der Waals surface area contributed by atoms with Crippen molar-refractivity contribution in [1.82, 2.24) is 0 Å². The maximum absolute atomic E-state index is 2.69. The Morgan fingerprint density at radius 3 is 2.53 bits per heavy atom.